The van der Waals surface area contributed by atoms with Gasteiger partial charge in [-0.2, -0.15) is 0 Å². The van der Waals surface area contributed by atoms with Crippen LogP contribution in [0.25, 0.3) is 21.5 Å². The molecular weight excluding hydrogens is 280 g/mol. The summed E-state index contributed by atoms with van der Waals surface area (Å²) in [5, 5.41) is 16.8. The van der Waals surface area contributed by atoms with E-state index >= 15 is 0 Å². The number of hydrogen-bond acceptors (Lipinski definition) is 0. The van der Waals surface area contributed by atoms with Crippen LogP contribution in [0.2, 0.25) is 5.02 Å². The monoisotopic (exact) mass is 295 g/mol. The Morgan fingerprint density at radius 1 is 0.857 bits per heavy atom. The van der Waals surface area contributed by atoms with Crippen LogP contribution in [0.15, 0.2) is 36.4 Å². The van der Waals surface area contributed by atoms with Crippen LogP contribution in [0.5, 0.6) is 0 Å². The highest BCUT2D eigenvalue weighted by Crippen LogP contribution is 2.37. The van der Waals surface area contributed by atoms with Crippen molar-refractivity contribution in [3.8, 4) is 0 Å². The molecule has 0 aromatic heterocycles. The lowest BCUT2D eigenvalue weighted by Crippen LogP contribution is -2.03. The lowest BCUT2D eigenvalue weighted by atomic mass is 9.86. The smallest absolute Gasteiger partial charge is 0.108 e. The topological polar surface area (TPSA) is 19.9 Å². The SMILES string of the molecule is [O]Cc1ccc(Cl)c2ccc3c4c(ccc3c12)CCCC4. The summed E-state index contributed by atoms with van der Waals surface area (Å²) >= 11 is 6.33. The molecule has 1 aliphatic carbocycles. The summed E-state index contributed by atoms with van der Waals surface area (Å²) in [4.78, 5) is 0. The van der Waals surface area contributed by atoms with Crippen LogP contribution in [-0.4, -0.2) is 0 Å². The van der Waals surface area contributed by atoms with Crippen molar-refractivity contribution in [2.45, 2.75) is 32.3 Å². The Balaban J connectivity index is 2.17. The molecule has 0 spiro atoms. The maximum absolute atomic E-state index is 11.5. The first-order valence-electron chi connectivity index (χ1n) is 7.52. The first kappa shape index (κ1) is 13.1. The number of benzene rings is 3. The minimum absolute atomic E-state index is 0.204. The number of rotatable bonds is 1. The lowest BCUT2D eigenvalue weighted by Gasteiger charge is -2.19. The van der Waals surface area contributed by atoms with Gasteiger partial charge in [-0.1, -0.05) is 41.9 Å². The highest BCUT2D eigenvalue weighted by molar-refractivity contribution is 6.36. The van der Waals surface area contributed by atoms with Gasteiger partial charge in [0.15, 0.2) is 0 Å². The molecule has 1 aliphatic rings. The molecule has 2 heteroatoms. The zero-order valence-corrected chi connectivity index (χ0v) is 12.5. The van der Waals surface area contributed by atoms with Gasteiger partial charge in [-0.15, -0.1) is 0 Å². The molecule has 0 saturated carbocycles. The van der Waals surface area contributed by atoms with Crippen molar-refractivity contribution < 1.29 is 5.11 Å². The molecule has 0 heterocycles. The van der Waals surface area contributed by atoms with Crippen LogP contribution in [0, 0.1) is 0 Å². The fourth-order valence-corrected chi connectivity index (χ4v) is 3.89. The van der Waals surface area contributed by atoms with Crippen LogP contribution < -0.4 is 0 Å². The summed E-state index contributed by atoms with van der Waals surface area (Å²) in [6.45, 7) is -0.204. The van der Waals surface area contributed by atoms with Gasteiger partial charge >= 0.3 is 0 Å². The highest BCUT2D eigenvalue weighted by atomic mass is 35.5. The molecule has 0 bridgehead atoms. The third-order valence-electron chi connectivity index (χ3n) is 4.70. The van der Waals surface area contributed by atoms with Crippen molar-refractivity contribution in [1.29, 1.82) is 0 Å². The Hall–Kier alpha value is -1.57. The van der Waals surface area contributed by atoms with E-state index in [0.29, 0.717) is 0 Å². The highest BCUT2D eigenvalue weighted by Gasteiger charge is 2.15. The van der Waals surface area contributed by atoms with Crippen molar-refractivity contribution in [3.05, 3.63) is 58.1 Å². The minimum Gasteiger partial charge on any atom is -0.232 e. The molecule has 3 aromatic rings. The van der Waals surface area contributed by atoms with Gasteiger partial charge < -0.3 is 0 Å². The van der Waals surface area contributed by atoms with Crippen LogP contribution in [0.1, 0.15) is 29.5 Å². The van der Waals surface area contributed by atoms with E-state index in [1.165, 1.54) is 41.2 Å². The van der Waals surface area contributed by atoms with Crippen molar-refractivity contribution >= 4 is 33.1 Å². The second-order valence-electron chi connectivity index (χ2n) is 5.84. The van der Waals surface area contributed by atoms with E-state index in [-0.39, 0.29) is 6.61 Å². The van der Waals surface area contributed by atoms with Gasteiger partial charge in [0, 0.05) is 10.4 Å². The first-order valence-corrected chi connectivity index (χ1v) is 7.90. The van der Waals surface area contributed by atoms with E-state index in [0.717, 1.165) is 27.8 Å². The number of fused-ring (bicyclic) bond motifs is 5. The molecule has 1 nitrogen and oxygen atoms in total. The summed E-state index contributed by atoms with van der Waals surface area (Å²) in [5.74, 6) is 0. The largest absolute Gasteiger partial charge is 0.232 e. The molecule has 0 unspecified atom stereocenters. The Kier molecular flexibility index (Phi) is 3.13. The summed E-state index contributed by atoms with van der Waals surface area (Å²) in [5.41, 5.74) is 3.78. The lowest BCUT2D eigenvalue weighted by molar-refractivity contribution is 0.179. The maximum atomic E-state index is 11.5. The predicted octanol–water partition coefficient (Wildman–Crippen LogP) is 5.46. The van der Waals surface area contributed by atoms with Gasteiger partial charge in [-0.25, -0.2) is 5.11 Å². The second kappa shape index (κ2) is 5.01. The average Bonchev–Trinajstić information content (AvgIpc) is 2.54. The molecule has 3 aromatic carbocycles. The summed E-state index contributed by atoms with van der Waals surface area (Å²) < 4.78 is 0. The Morgan fingerprint density at radius 3 is 2.48 bits per heavy atom. The van der Waals surface area contributed by atoms with Crippen LogP contribution in [0.3, 0.4) is 0 Å². The maximum Gasteiger partial charge on any atom is 0.108 e. The quantitative estimate of drug-likeness (QED) is 0.532. The van der Waals surface area contributed by atoms with E-state index in [1.54, 1.807) is 0 Å². The molecule has 0 aliphatic heterocycles. The standard InChI is InChI=1S/C19H16ClO/c20-18-10-6-13(11-21)19-16-7-5-12-3-1-2-4-14(12)15(16)8-9-17(18)19/h5-10H,1-4,11H2. The molecular formula is C19H16ClO. The van der Waals surface area contributed by atoms with Crippen molar-refractivity contribution in [2.24, 2.45) is 0 Å². The van der Waals surface area contributed by atoms with Gasteiger partial charge in [-0.3, -0.25) is 0 Å². The van der Waals surface area contributed by atoms with Gasteiger partial charge in [0.25, 0.3) is 0 Å². The molecule has 0 fully saturated rings. The third kappa shape index (κ3) is 1.96. The van der Waals surface area contributed by atoms with E-state index < -0.39 is 0 Å². The van der Waals surface area contributed by atoms with Gasteiger partial charge in [0.05, 0.1) is 0 Å². The Morgan fingerprint density at radius 2 is 1.62 bits per heavy atom. The first-order chi connectivity index (χ1) is 10.3. The molecule has 0 amide bonds. The van der Waals surface area contributed by atoms with E-state index in [1.807, 2.05) is 12.1 Å². The molecule has 1 radical (unpaired) electrons. The van der Waals surface area contributed by atoms with Crippen LogP contribution in [0.4, 0.5) is 0 Å². The fourth-order valence-electron chi connectivity index (χ4n) is 3.67. The Bertz CT molecular complexity index is 851. The Labute approximate surface area is 129 Å². The van der Waals surface area contributed by atoms with Crippen LogP contribution >= 0.6 is 11.6 Å². The zero-order valence-electron chi connectivity index (χ0n) is 11.8. The van der Waals surface area contributed by atoms with E-state index in [2.05, 4.69) is 24.3 Å². The number of halogens is 1. The van der Waals surface area contributed by atoms with Gasteiger partial charge in [0.1, 0.15) is 6.61 Å². The average molecular weight is 296 g/mol. The predicted molar refractivity (Wildman–Crippen MR) is 87.5 cm³/mol. The van der Waals surface area contributed by atoms with E-state index in [4.69, 9.17) is 11.6 Å². The van der Waals surface area contributed by atoms with Gasteiger partial charge in [-0.05, 0) is 64.6 Å². The summed E-state index contributed by atoms with van der Waals surface area (Å²) in [7, 11) is 0. The second-order valence-corrected chi connectivity index (χ2v) is 6.25. The third-order valence-corrected chi connectivity index (χ3v) is 5.03. The molecule has 105 valence electrons. The van der Waals surface area contributed by atoms with Crippen molar-refractivity contribution in [3.63, 3.8) is 0 Å². The molecule has 21 heavy (non-hydrogen) atoms. The normalized spacial score (nSPS) is 14.6. The molecule has 4 rings (SSSR count). The number of aryl methyl sites for hydroxylation is 2. The van der Waals surface area contributed by atoms with E-state index in [9.17, 15) is 5.11 Å². The molecule has 0 atom stereocenters. The van der Waals surface area contributed by atoms with Gasteiger partial charge in [0.2, 0.25) is 0 Å². The zero-order chi connectivity index (χ0) is 14.4. The van der Waals surface area contributed by atoms with Crippen molar-refractivity contribution in [2.75, 3.05) is 0 Å². The minimum atomic E-state index is -0.204. The fraction of sp³-hybridized carbons (Fsp3) is 0.263. The molecule has 0 saturated heterocycles. The van der Waals surface area contributed by atoms with Crippen molar-refractivity contribution in [1.82, 2.24) is 0 Å². The summed E-state index contributed by atoms with van der Waals surface area (Å²) in [6.07, 6.45) is 4.86. The summed E-state index contributed by atoms with van der Waals surface area (Å²) in [6, 6.07) is 12.4. The number of hydrogen-bond donors (Lipinski definition) is 0. The molecule has 0 N–H and O–H groups in total. The van der Waals surface area contributed by atoms with Crippen LogP contribution in [-0.2, 0) is 24.6 Å².